The van der Waals surface area contributed by atoms with Gasteiger partial charge in [-0.3, -0.25) is 9.59 Å². The molecule has 0 aromatic rings. The number of Topliss-reactive ketones (excluding diaryl/α,β-unsaturated/α-hetero) is 1. The molecule has 14 heavy (non-hydrogen) atoms. The summed E-state index contributed by atoms with van der Waals surface area (Å²) in [6, 6.07) is 0. The zero-order valence-electron chi connectivity index (χ0n) is 8.66. The molecule has 1 aliphatic rings. The van der Waals surface area contributed by atoms with Gasteiger partial charge < -0.3 is 4.74 Å². The lowest BCUT2D eigenvalue weighted by Gasteiger charge is -2.17. The molecule has 3 heteroatoms. The van der Waals surface area contributed by atoms with E-state index >= 15 is 0 Å². The summed E-state index contributed by atoms with van der Waals surface area (Å²) < 4.78 is 4.88. The molecule has 78 valence electrons. The number of esters is 1. The Morgan fingerprint density at radius 1 is 1.57 bits per heavy atom. The lowest BCUT2D eigenvalue weighted by Crippen LogP contribution is -2.30. The van der Waals surface area contributed by atoms with Gasteiger partial charge in [0.05, 0.1) is 6.61 Å². The Bertz CT molecular complexity index is 255. The van der Waals surface area contributed by atoms with Crippen LogP contribution in [0.15, 0.2) is 12.2 Å². The minimum absolute atomic E-state index is 0.0477. The van der Waals surface area contributed by atoms with Gasteiger partial charge in [0.15, 0.2) is 0 Å². The molecule has 0 aromatic heterocycles. The molecule has 0 spiro atoms. The Morgan fingerprint density at radius 3 is 2.71 bits per heavy atom. The molecule has 0 heterocycles. The van der Waals surface area contributed by atoms with Crippen molar-refractivity contribution in [2.45, 2.75) is 26.7 Å². The average molecular weight is 196 g/mol. The molecule has 0 amide bonds. The van der Waals surface area contributed by atoms with E-state index in [9.17, 15) is 9.59 Å². The van der Waals surface area contributed by atoms with Crippen molar-refractivity contribution in [1.29, 1.82) is 0 Å². The summed E-state index contributed by atoms with van der Waals surface area (Å²) in [7, 11) is 0. The summed E-state index contributed by atoms with van der Waals surface area (Å²) in [5.74, 6) is -1.02. The third-order valence-electron chi connectivity index (χ3n) is 2.46. The van der Waals surface area contributed by atoms with Gasteiger partial charge in [-0.2, -0.15) is 0 Å². The highest BCUT2D eigenvalue weighted by Crippen LogP contribution is 2.27. The molecule has 1 rings (SSSR count). The highest BCUT2D eigenvalue weighted by atomic mass is 16.5. The average Bonchev–Trinajstić information content (AvgIpc) is 2.57. The van der Waals surface area contributed by atoms with Crippen molar-refractivity contribution in [2.24, 2.45) is 11.8 Å². The zero-order valence-corrected chi connectivity index (χ0v) is 8.66. The first kappa shape index (κ1) is 11.0. The first-order valence-electron chi connectivity index (χ1n) is 5.00. The maximum atomic E-state index is 11.5. The Labute approximate surface area is 84.1 Å². The summed E-state index contributed by atoms with van der Waals surface area (Å²) in [5, 5.41) is 0. The fourth-order valence-corrected chi connectivity index (χ4v) is 1.81. The van der Waals surface area contributed by atoms with Crippen LogP contribution in [-0.4, -0.2) is 18.4 Å². The van der Waals surface area contributed by atoms with Gasteiger partial charge in [-0.1, -0.05) is 12.2 Å². The molecule has 0 aliphatic heterocycles. The molecule has 0 N–H and O–H groups in total. The summed E-state index contributed by atoms with van der Waals surface area (Å²) in [6.45, 7) is 3.53. The SMILES string of the molecule is CCOC(=O)C(C(C)=O)C1C=CCC1. The van der Waals surface area contributed by atoms with Gasteiger partial charge in [-0.15, -0.1) is 0 Å². The molecule has 0 bridgehead atoms. The van der Waals surface area contributed by atoms with Crippen LogP contribution in [0.5, 0.6) is 0 Å². The number of hydrogen-bond acceptors (Lipinski definition) is 3. The number of carbonyl (C=O) groups excluding carboxylic acids is 2. The third-order valence-corrected chi connectivity index (χ3v) is 2.46. The highest BCUT2D eigenvalue weighted by Gasteiger charge is 2.32. The van der Waals surface area contributed by atoms with Crippen LogP contribution < -0.4 is 0 Å². The molecule has 2 atom stereocenters. The number of ketones is 1. The normalized spacial score (nSPS) is 22.0. The number of carbonyl (C=O) groups is 2. The second kappa shape index (κ2) is 4.94. The summed E-state index contributed by atoms with van der Waals surface area (Å²) in [5.41, 5.74) is 0. The van der Waals surface area contributed by atoms with E-state index in [1.807, 2.05) is 12.2 Å². The molecular weight excluding hydrogens is 180 g/mol. The van der Waals surface area contributed by atoms with Gasteiger partial charge in [0.1, 0.15) is 11.7 Å². The highest BCUT2D eigenvalue weighted by molar-refractivity contribution is 5.98. The Hall–Kier alpha value is -1.12. The van der Waals surface area contributed by atoms with Crippen molar-refractivity contribution in [3.05, 3.63) is 12.2 Å². The molecule has 0 aromatic carbocycles. The minimum Gasteiger partial charge on any atom is -0.465 e. The van der Waals surface area contributed by atoms with E-state index < -0.39 is 5.92 Å². The molecule has 0 radical (unpaired) electrons. The predicted octanol–water partition coefficient (Wildman–Crippen LogP) is 1.72. The van der Waals surface area contributed by atoms with Crippen molar-refractivity contribution in [1.82, 2.24) is 0 Å². The van der Waals surface area contributed by atoms with Gasteiger partial charge in [0.25, 0.3) is 0 Å². The van der Waals surface area contributed by atoms with Crippen molar-refractivity contribution < 1.29 is 14.3 Å². The van der Waals surface area contributed by atoms with Crippen LogP contribution in [-0.2, 0) is 14.3 Å². The standard InChI is InChI=1S/C11H16O3/c1-3-14-11(13)10(8(2)12)9-6-4-5-7-9/h4,6,9-10H,3,5,7H2,1-2H3. The van der Waals surface area contributed by atoms with Crippen LogP contribution >= 0.6 is 0 Å². The fourth-order valence-electron chi connectivity index (χ4n) is 1.81. The lowest BCUT2D eigenvalue weighted by molar-refractivity contribution is -0.152. The number of rotatable bonds is 4. The minimum atomic E-state index is -0.589. The molecule has 3 nitrogen and oxygen atoms in total. The molecule has 0 saturated carbocycles. The van der Waals surface area contributed by atoms with Gasteiger partial charge in [-0.05, 0) is 32.6 Å². The molecule has 2 unspecified atom stereocenters. The second-order valence-corrected chi connectivity index (χ2v) is 3.51. The zero-order chi connectivity index (χ0) is 10.6. The van der Waals surface area contributed by atoms with Crippen LogP contribution in [0.3, 0.4) is 0 Å². The van der Waals surface area contributed by atoms with E-state index in [1.54, 1.807) is 6.92 Å². The summed E-state index contributed by atoms with van der Waals surface area (Å²) >= 11 is 0. The Morgan fingerprint density at radius 2 is 2.29 bits per heavy atom. The number of hydrogen-bond donors (Lipinski definition) is 0. The molecule has 1 aliphatic carbocycles. The quantitative estimate of drug-likeness (QED) is 0.390. The second-order valence-electron chi connectivity index (χ2n) is 3.51. The van der Waals surface area contributed by atoms with E-state index in [-0.39, 0.29) is 17.7 Å². The Balaban J connectivity index is 2.68. The first-order valence-corrected chi connectivity index (χ1v) is 5.00. The van der Waals surface area contributed by atoms with Crippen LogP contribution in [0.4, 0.5) is 0 Å². The molecular formula is C11H16O3. The third kappa shape index (κ3) is 2.44. The maximum Gasteiger partial charge on any atom is 0.317 e. The lowest BCUT2D eigenvalue weighted by atomic mass is 9.89. The van der Waals surface area contributed by atoms with Gasteiger partial charge in [0, 0.05) is 0 Å². The smallest absolute Gasteiger partial charge is 0.317 e. The number of ether oxygens (including phenoxy) is 1. The Kier molecular flexibility index (Phi) is 3.86. The van der Waals surface area contributed by atoms with E-state index in [0.717, 1.165) is 12.8 Å². The van der Waals surface area contributed by atoms with E-state index in [1.165, 1.54) is 6.92 Å². The number of allylic oxidation sites excluding steroid dienone is 2. The van der Waals surface area contributed by atoms with Crippen molar-refractivity contribution in [3.8, 4) is 0 Å². The van der Waals surface area contributed by atoms with Gasteiger partial charge in [0.2, 0.25) is 0 Å². The van der Waals surface area contributed by atoms with E-state index in [0.29, 0.717) is 6.61 Å². The largest absolute Gasteiger partial charge is 0.465 e. The van der Waals surface area contributed by atoms with Gasteiger partial charge >= 0.3 is 5.97 Å². The van der Waals surface area contributed by atoms with Crippen molar-refractivity contribution in [2.75, 3.05) is 6.61 Å². The van der Waals surface area contributed by atoms with Crippen LogP contribution in [0.2, 0.25) is 0 Å². The van der Waals surface area contributed by atoms with E-state index in [2.05, 4.69) is 0 Å². The van der Waals surface area contributed by atoms with Crippen LogP contribution in [0.1, 0.15) is 26.7 Å². The molecule has 0 fully saturated rings. The maximum absolute atomic E-state index is 11.5. The van der Waals surface area contributed by atoms with Crippen molar-refractivity contribution in [3.63, 3.8) is 0 Å². The summed E-state index contributed by atoms with van der Waals surface area (Å²) in [4.78, 5) is 22.8. The van der Waals surface area contributed by atoms with Crippen molar-refractivity contribution >= 4 is 11.8 Å². The topological polar surface area (TPSA) is 43.4 Å². The fraction of sp³-hybridized carbons (Fsp3) is 0.636. The van der Waals surface area contributed by atoms with Crippen LogP contribution in [0, 0.1) is 11.8 Å². The summed E-state index contributed by atoms with van der Waals surface area (Å²) in [6.07, 6.45) is 5.79. The predicted molar refractivity (Wildman–Crippen MR) is 52.7 cm³/mol. The molecule has 0 saturated heterocycles. The van der Waals surface area contributed by atoms with Crippen LogP contribution in [0.25, 0.3) is 0 Å². The monoisotopic (exact) mass is 196 g/mol. The van der Waals surface area contributed by atoms with Gasteiger partial charge in [-0.25, -0.2) is 0 Å². The first-order chi connectivity index (χ1) is 6.66. The van der Waals surface area contributed by atoms with E-state index in [4.69, 9.17) is 4.74 Å².